The van der Waals surface area contributed by atoms with Crippen LogP contribution < -0.4 is 5.73 Å². The fourth-order valence-corrected chi connectivity index (χ4v) is 1.22. The molecule has 0 spiro atoms. The number of nitrogens with two attached hydrogens (primary N) is 1. The molecule has 1 aromatic rings. The lowest BCUT2D eigenvalue weighted by molar-refractivity contribution is -0.384. The number of hydrogen-bond donors (Lipinski definition) is 1. The number of halogens is 2. The smallest absolute Gasteiger partial charge is 0.288 e. The van der Waals surface area contributed by atoms with Gasteiger partial charge in [0.1, 0.15) is 16.4 Å². The van der Waals surface area contributed by atoms with Crippen LogP contribution in [-0.4, -0.2) is 10.8 Å². The highest BCUT2D eigenvalue weighted by atomic mass is 35.5. The molecule has 0 bridgehead atoms. The van der Waals surface area contributed by atoms with Gasteiger partial charge in [-0.05, 0) is 6.07 Å². The van der Waals surface area contributed by atoms with Crippen LogP contribution >= 0.6 is 11.6 Å². The topological polar surface area (TPSA) is 86.2 Å². The summed E-state index contributed by atoms with van der Waals surface area (Å²) in [4.78, 5) is 20.2. The Kier molecular flexibility index (Phi) is 2.66. The van der Waals surface area contributed by atoms with Crippen molar-refractivity contribution in [3.63, 3.8) is 0 Å². The van der Waals surface area contributed by atoms with Gasteiger partial charge in [0.05, 0.1) is 4.92 Å². The van der Waals surface area contributed by atoms with Gasteiger partial charge in [0.2, 0.25) is 0 Å². The minimum Gasteiger partial charge on any atom is -0.365 e. The normalized spacial score (nSPS) is 9.86. The highest BCUT2D eigenvalue weighted by molar-refractivity contribution is 6.35. The van der Waals surface area contributed by atoms with E-state index in [0.29, 0.717) is 0 Å². The van der Waals surface area contributed by atoms with Crippen molar-refractivity contribution in [2.24, 2.45) is 5.73 Å². The lowest BCUT2D eigenvalue weighted by Gasteiger charge is -2.01. The van der Waals surface area contributed by atoms with Gasteiger partial charge in [0.25, 0.3) is 11.6 Å². The Morgan fingerprint density at radius 3 is 2.57 bits per heavy atom. The number of carbonyl (C=O) groups excluding carboxylic acids is 1. The minimum atomic E-state index is -1.14. The molecular weight excluding hydrogens is 215 g/mol. The van der Waals surface area contributed by atoms with Crippen molar-refractivity contribution >= 4 is 23.2 Å². The molecule has 0 aliphatic carbocycles. The van der Waals surface area contributed by atoms with Gasteiger partial charge in [0.15, 0.2) is 0 Å². The molecule has 0 aliphatic rings. The van der Waals surface area contributed by atoms with Gasteiger partial charge < -0.3 is 5.73 Å². The van der Waals surface area contributed by atoms with E-state index in [-0.39, 0.29) is 0 Å². The average Bonchev–Trinajstić information content (AvgIpc) is 2.02. The summed E-state index contributed by atoms with van der Waals surface area (Å²) in [6, 6.07) is 1.63. The SMILES string of the molecule is NC(=O)c1c(F)ccc([N+](=O)[O-])c1Cl. The summed E-state index contributed by atoms with van der Waals surface area (Å²) in [7, 11) is 0. The monoisotopic (exact) mass is 218 g/mol. The first-order valence-electron chi connectivity index (χ1n) is 3.37. The second-order valence-corrected chi connectivity index (χ2v) is 2.75. The number of rotatable bonds is 2. The van der Waals surface area contributed by atoms with Crippen LogP contribution in [0.25, 0.3) is 0 Å². The summed E-state index contributed by atoms with van der Waals surface area (Å²) in [5.74, 6) is -2.12. The van der Waals surface area contributed by atoms with E-state index in [1.54, 1.807) is 0 Å². The van der Waals surface area contributed by atoms with Gasteiger partial charge in [-0.2, -0.15) is 0 Å². The van der Waals surface area contributed by atoms with Gasteiger partial charge in [0, 0.05) is 6.07 Å². The predicted octanol–water partition coefficient (Wildman–Crippen LogP) is 1.49. The highest BCUT2D eigenvalue weighted by Gasteiger charge is 2.22. The fraction of sp³-hybridized carbons (Fsp3) is 0. The van der Waals surface area contributed by atoms with E-state index < -0.39 is 32.9 Å². The number of hydrogen-bond acceptors (Lipinski definition) is 3. The van der Waals surface area contributed by atoms with Crippen molar-refractivity contribution < 1.29 is 14.1 Å². The molecule has 14 heavy (non-hydrogen) atoms. The van der Waals surface area contributed by atoms with Crippen molar-refractivity contribution in [1.29, 1.82) is 0 Å². The van der Waals surface area contributed by atoms with E-state index in [1.165, 1.54) is 0 Å². The fourth-order valence-electron chi connectivity index (χ4n) is 0.908. The van der Waals surface area contributed by atoms with Crippen molar-refractivity contribution in [2.45, 2.75) is 0 Å². The molecule has 5 nitrogen and oxygen atoms in total. The van der Waals surface area contributed by atoms with Gasteiger partial charge in [-0.1, -0.05) is 11.6 Å². The number of carbonyl (C=O) groups is 1. The third-order valence-corrected chi connectivity index (χ3v) is 1.90. The molecule has 0 heterocycles. The van der Waals surface area contributed by atoms with Crippen LogP contribution in [0.2, 0.25) is 5.02 Å². The van der Waals surface area contributed by atoms with E-state index >= 15 is 0 Å². The largest absolute Gasteiger partial charge is 0.365 e. The molecule has 0 fully saturated rings. The molecule has 74 valence electrons. The van der Waals surface area contributed by atoms with Crippen LogP contribution in [0.5, 0.6) is 0 Å². The summed E-state index contributed by atoms with van der Waals surface area (Å²) >= 11 is 5.42. The minimum absolute atomic E-state index is 0.554. The molecular formula is C7H4ClFN2O3. The molecule has 0 atom stereocenters. The first kappa shape index (κ1) is 10.4. The maximum Gasteiger partial charge on any atom is 0.288 e. The number of benzene rings is 1. The van der Waals surface area contributed by atoms with Gasteiger partial charge in [-0.3, -0.25) is 14.9 Å². The van der Waals surface area contributed by atoms with Crippen molar-refractivity contribution in [1.82, 2.24) is 0 Å². The van der Waals surface area contributed by atoms with E-state index in [9.17, 15) is 19.3 Å². The summed E-state index contributed by atoms with van der Waals surface area (Å²) < 4.78 is 12.9. The Morgan fingerprint density at radius 2 is 2.14 bits per heavy atom. The highest BCUT2D eigenvalue weighted by Crippen LogP contribution is 2.29. The van der Waals surface area contributed by atoms with Crippen molar-refractivity contribution in [3.05, 3.63) is 38.7 Å². The molecule has 2 N–H and O–H groups in total. The maximum atomic E-state index is 12.9. The third kappa shape index (κ3) is 1.64. The molecule has 1 aromatic carbocycles. The molecule has 0 saturated heterocycles. The van der Waals surface area contributed by atoms with E-state index in [2.05, 4.69) is 0 Å². The third-order valence-electron chi connectivity index (χ3n) is 1.51. The Morgan fingerprint density at radius 1 is 1.57 bits per heavy atom. The number of nitrogens with zero attached hydrogens (tertiary/aromatic N) is 1. The van der Waals surface area contributed by atoms with Crippen LogP contribution in [0, 0.1) is 15.9 Å². The Balaban J connectivity index is 3.49. The molecule has 0 unspecified atom stereocenters. The molecule has 7 heteroatoms. The van der Waals surface area contributed by atoms with E-state index in [1.807, 2.05) is 0 Å². The van der Waals surface area contributed by atoms with Crippen molar-refractivity contribution in [2.75, 3.05) is 0 Å². The summed E-state index contributed by atoms with van der Waals surface area (Å²) in [6.45, 7) is 0. The number of primary amides is 1. The summed E-state index contributed by atoms with van der Waals surface area (Å²) in [6.07, 6.45) is 0. The molecule has 0 aliphatic heterocycles. The number of nitro benzene ring substituents is 1. The lowest BCUT2D eigenvalue weighted by atomic mass is 10.2. The van der Waals surface area contributed by atoms with E-state index in [4.69, 9.17) is 17.3 Å². The van der Waals surface area contributed by atoms with Crippen molar-refractivity contribution in [3.8, 4) is 0 Å². The molecule has 1 amide bonds. The van der Waals surface area contributed by atoms with Crippen LogP contribution in [0.3, 0.4) is 0 Å². The number of amides is 1. The van der Waals surface area contributed by atoms with Crippen LogP contribution in [-0.2, 0) is 0 Å². The number of nitro groups is 1. The first-order valence-corrected chi connectivity index (χ1v) is 3.75. The van der Waals surface area contributed by atoms with Gasteiger partial charge in [-0.15, -0.1) is 0 Å². The predicted molar refractivity (Wildman–Crippen MR) is 46.6 cm³/mol. The average molecular weight is 219 g/mol. The van der Waals surface area contributed by atoms with Crippen LogP contribution in [0.15, 0.2) is 12.1 Å². The van der Waals surface area contributed by atoms with Crippen LogP contribution in [0.4, 0.5) is 10.1 Å². The van der Waals surface area contributed by atoms with Gasteiger partial charge >= 0.3 is 0 Å². The molecule has 0 aromatic heterocycles. The summed E-state index contributed by atoms with van der Waals surface area (Å²) in [5.41, 5.74) is 3.58. The molecule has 0 saturated carbocycles. The Labute approximate surface area is 82.4 Å². The summed E-state index contributed by atoms with van der Waals surface area (Å²) in [5, 5.41) is 9.77. The lowest BCUT2D eigenvalue weighted by Crippen LogP contribution is -2.14. The second-order valence-electron chi connectivity index (χ2n) is 2.38. The molecule has 0 radical (unpaired) electrons. The Bertz CT molecular complexity index is 422. The van der Waals surface area contributed by atoms with Crippen LogP contribution in [0.1, 0.15) is 10.4 Å². The quantitative estimate of drug-likeness (QED) is 0.603. The zero-order valence-corrected chi connectivity index (χ0v) is 7.42. The standard InChI is InChI=1S/C7H4ClFN2O3/c8-6-4(11(13)14)2-1-3(9)5(6)7(10)12/h1-2H,(H2,10,12). The first-order chi connectivity index (χ1) is 6.45. The van der Waals surface area contributed by atoms with Gasteiger partial charge in [-0.25, -0.2) is 4.39 Å². The molecule has 1 rings (SSSR count). The second kappa shape index (κ2) is 3.59. The van der Waals surface area contributed by atoms with E-state index in [0.717, 1.165) is 12.1 Å². The zero-order valence-electron chi connectivity index (χ0n) is 6.66. The zero-order chi connectivity index (χ0) is 10.9. The maximum absolute atomic E-state index is 12.9. The Hall–Kier alpha value is -1.69.